The van der Waals surface area contributed by atoms with Crippen molar-refractivity contribution in [3.05, 3.63) is 58.4 Å². The molecular formula is C15H14ClFN2S. The van der Waals surface area contributed by atoms with Crippen LogP contribution in [0.15, 0.2) is 36.4 Å². The molecule has 0 atom stereocenters. The van der Waals surface area contributed by atoms with Gasteiger partial charge in [-0.05, 0) is 55.4 Å². The molecule has 0 saturated heterocycles. The number of nitrogens with one attached hydrogen (secondary N) is 2. The second kappa shape index (κ2) is 6.20. The number of para-hydroxylation sites is 1. The molecule has 2 aromatic rings. The Morgan fingerprint density at radius 3 is 2.50 bits per heavy atom. The third-order valence-electron chi connectivity index (χ3n) is 2.89. The molecule has 2 rings (SSSR count). The van der Waals surface area contributed by atoms with Crippen LogP contribution in [0.2, 0.25) is 5.02 Å². The molecule has 0 saturated carbocycles. The summed E-state index contributed by atoms with van der Waals surface area (Å²) in [5.41, 5.74) is 2.92. The average Bonchev–Trinajstić information content (AvgIpc) is 2.38. The van der Waals surface area contributed by atoms with Crippen molar-refractivity contribution in [2.24, 2.45) is 0 Å². The van der Waals surface area contributed by atoms with Crippen molar-refractivity contribution >= 4 is 40.3 Å². The number of anilines is 2. The lowest BCUT2D eigenvalue weighted by Gasteiger charge is -2.14. The summed E-state index contributed by atoms with van der Waals surface area (Å²) in [5, 5.41) is 6.91. The monoisotopic (exact) mass is 308 g/mol. The van der Waals surface area contributed by atoms with Crippen molar-refractivity contribution in [2.75, 3.05) is 10.6 Å². The molecule has 0 fully saturated rings. The second-order valence-corrected chi connectivity index (χ2v) is 5.29. The predicted octanol–water partition coefficient (Wildman–Crippen LogP) is 4.90. The largest absolute Gasteiger partial charge is 0.332 e. The van der Waals surface area contributed by atoms with E-state index in [2.05, 4.69) is 10.6 Å². The van der Waals surface area contributed by atoms with Crippen LogP contribution in [0.3, 0.4) is 0 Å². The van der Waals surface area contributed by atoms with Crippen LogP contribution in [-0.2, 0) is 0 Å². The van der Waals surface area contributed by atoms with Crippen LogP contribution in [0.4, 0.5) is 15.8 Å². The van der Waals surface area contributed by atoms with Gasteiger partial charge in [-0.2, -0.15) is 0 Å². The number of thiocarbonyl (C=S) groups is 1. The maximum Gasteiger partial charge on any atom is 0.175 e. The number of aryl methyl sites for hydroxylation is 2. The van der Waals surface area contributed by atoms with Crippen molar-refractivity contribution in [1.29, 1.82) is 0 Å². The standard InChI is InChI=1S/C15H14ClFN2S/c1-9-6-7-11(8-13(9)17)18-15(20)19-14-10(2)4-3-5-12(14)16/h3-8H,1-2H3,(H2,18,19,20). The Kier molecular flexibility index (Phi) is 4.57. The van der Waals surface area contributed by atoms with Gasteiger partial charge in [-0.25, -0.2) is 4.39 Å². The molecule has 0 aliphatic rings. The van der Waals surface area contributed by atoms with E-state index in [1.165, 1.54) is 6.07 Å². The Balaban J connectivity index is 2.11. The first kappa shape index (κ1) is 14.8. The number of rotatable bonds is 2. The molecule has 0 radical (unpaired) electrons. The molecule has 0 amide bonds. The molecule has 0 spiro atoms. The van der Waals surface area contributed by atoms with Crippen LogP contribution in [0.5, 0.6) is 0 Å². The third-order valence-corrected chi connectivity index (χ3v) is 3.41. The van der Waals surface area contributed by atoms with Crippen molar-refractivity contribution in [3.8, 4) is 0 Å². The van der Waals surface area contributed by atoms with Gasteiger partial charge in [0.1, 0.15) is 5.82 Å². The van der Waals surface area contributed by atoms with Crippen molar-refractivity contribution in [2.45, 2.75) is 13.8 Å². The first-order valence-electron chi connectivity index (χ1n) is 6.06. The van der Waals surface area contributed by atoms with Gasteiger partial charge >= 0.3 is 0 Å². The minimum atomic E-state index is -0.272. The fourth-order valence-corrected chi connectivity index (χ4v) is 2.23. The van der Waals surface area contributed by atoms with Crippen molar-refractivity contribution < 1.29 is 4.39 Å². The zero-order valence-corrected chi connectivity index (χ0v) is 12.7. The molecule has 2 N–H and O–H groups in total. The number of hydrogen-bond acceptors (Lipinski definition) is 1. The van der Waals surface area contributed by atoms with Gasteiger partial charge < -0.3 is 10.6 Å². The lowest BCUT2D eigenvalue weighted by Crippen LogP contribution is -2.20. The van der Waals surface area contributed by atoms with E-state index in [1.54, 1.807) is 25.1 Å². The molecule has 0 aliphatic heterocycles. The summed E-state index contributed by atoms with van der Waals surface area (Å²) in [6, 6.07) is 10.5. The first-order chi connectivity index (χ1) is 9.47. The summed E-state index contributed by atoms with van der Waals surface area (Å²) in [7, 11) is 0. The quantitative estimate of drug-likeness (QED) is 0.771. The van der Waals surface area contributed by atoms with E-state index < -0.39 is 0 Å². The Morgan fingerprint density at radius 1 is 1.10 bits per heavy atom. The zero-order valence-electron chi connectivity index (χ0n) is 11.1. The Bertz CT molecular complexity index is 638. The number of halogens is 2. The molecule has 20 heavy (non-hydrogen) atoms. The van der Waals surface area contributed by atoms with E-state index in [-0.39, 0.29) is 5.82 Å². The lowest BCUT2D eigenvalue weighted by atomic mass is 10.2. The van der Waals surface area contributed by atoms with Crippen LogP contribution in [0.1, 0.15) is 11.1 Å². The summed E-state index contributed by atoms with van der Waals surface area (Å²) >= 11 is 11.3. The van der Waals surface area contributed by atoms with E-state index >= 15 is 0 Å². The molecule has 104 valence electrons. The first-order valence-corrected chi connectivity index (χ1v) is 6.85. The van der Waals surface area contributed by atoms with Gasteiger partial charge in [0, 0.05) is 5.69 Å². The summed E-state index contributed by atoms with van der Waals surface area (Å²) in [6.07, 6.45) is 0. The SMILES string of the molecule is Cc1ccc(NC(=S)Nc2c(C)cccc2Cl)cc1F. The van der Waals surface area contributed by atoms with Crippen molar-refractivity contribution in [3.63, 3.8) is 0 Å². The number of hydrogen-bond donors (Lipinski definition) is 2. The molecule has 0 aliphatic carbocycles. The van der Waals surface area contributed by atoms with Crippen LogP contribution >= 0.6 is 23.8 Å². The Morgan fingerprint density at radius 2 is 1.85 bits per heavy atom. The molecule has 2 aromatic carbocycles. The topological polar surface area (TPSA) is 24.1 Å². The normalized spacial score (nSPS) is 10.2. The fourth-order valence-electron chi connectivity index (χ4n) is 1.74. The molecule has 0 bridgehead atoms. The van der Waals surface area contributed by atoms with Gasteiger partial charge in [-0.3, -0.25) is 0 Å². The summed E-state index contributed by atoms with van der Waals surface area (Å²) in [6.45, 7) is 3.64. The smallest absolute Gasteiger partial charge is 0.175 e. The van der Waals surface area contributed by atoms with Crippen LogP contribution in [-0.4, -0.2) is 5.11 Å². The highest BCUT2D eigenvalue weighted by molar-refractivity contribution is 7.80. The van der Waals surface area contributed by atoms with Crippen LogP contribution in [0.25, 0.3) is 0 Å². The molecular weight excluding hydrogens is 295 g/mol. The number of benzene rings is 2. The van der Waals surface area contributed by atoms with Crippen LogP contribution < -0.4 is 10.6 Å². The van der Waals surface area contributed by atoms with Gasteiger partial charge in [0.15, 0.2) is 5.11 Å². The molecule has 0 aromatic heterocycles. The predicted molar refractivity (Wildman–Crippen MR) is 87.2 cm³/mol. The van der Waals surface area contributed by atoms with E-state index in [0.29, 0.717) is 21.4 Å². The maximum atomic E-state index is 13.5. The van der Waals surface area contributed by atoms with Gasteiger partial charge in [-0.15, -0.1) is 0 Å². The van der Waals surface area contributed by atoms with Gasteiger partial charge in [-0.1, -0.05) is 29.8 Å². The van der Waals surface area contributed by atoms with E-state index in [1.807, 2.05) is 19.1 Å². The van der Waals surface area contributed by atoms with Crippen molar-refractivity contribution in [1.82, 2.24) is 0 Å². The van der Waals surface area contributed by atoms with E-state index in [4.69, 9.17) is 23.8 Å². The highest BCUT2D eigenvalue weighted by Crippen LogP contribution is 2.25. The Labute approximate surface area is 128 Å². The maximum absolute atomic E-state index is 13.5. The third kappa shape index (κ3) is 3.46. The highest BCUT2D eigenvalue weighted by Gasteiger charge is 2.06. The fraction of sp³-hybridized carbons (Fsp3) is 0.133. The van der Waals surface area contributed by atoms with Gasteiger partial charge in [0.2, 0.25) is 0 Å². The van der Waals surface area contributed by atoms with E-state index in [0.717, 1.165) is 11.3 Å². The second-order valence-electron chi connectivity index (χ2n) is 4.47. The zero-order chi connectivity index (χ0) is 14.7. The minimum Gasteiger partial charge on any atom is -0.332 e. The highest BCUT2D eigenvalue weighted by atomic mass is 35.5. The molecule has 5 heteroatoms. The minimum absolute atomic E-state index is 0.272. The van der Waals surface area contributed by atoms with E-state index in [9.17, 15) is 4.39 Å². The summed E-state index contributed by atoms with van der Waals surface area (Å²) < 4.78 is 13.5. The molecule has 2 nitrogen and oxygen atoms in total. The Hall–Kier alpha value is -1.65. The lowest BCUT2D eigenvalue weighted by molar-refractivity contribution is 0.619. The van der Waals surface area contributed by atoms with Crippen LogP contribution in [0, 0.1) is 19.7 Å². The molecule has 0 unspecified atom stereocenters. The van der Waals surface area contributed by atoms with Gasteiger partial charge in [0.05, 0.1) is 10.7 Å². The average molecular weight is 309 g/mol. The van der Waals surface area contributed by atoms with Gasteiger partial charge in [0.25, 0.3) is 0 Å². The summed E-state index contributed by atoms with van der Waals surface area (Å²) in [5.74, 6) is -0.272. The molecule has 0 heterocycles. The summed E-state index contributed by atoms with van der Waals surface area (Å²) in [4.78, 5) is 0.